The van der Waals surface area contributed by atoms with Gasteiger partial charge in [0, 0.05) is 12.7 Å². The molecule has 3 aromatic rings. The van der Waals surface area contributed by atoms with Gasteiger partial charge in [0.15, 0.2) is 5.65 Å². The summed E-state index contributed by atoms with van der Waals surface area (Å²) >= 11 is 0. The Hall–Kier alpha value is -2.97. The van der Waals surface area contributed by atoms with Gasteiger partial charge in [0.05, 0.1) is 13.2 Å². The number of imidazole rings is 1. The van der Waals surface area contributed by atoms with E-state index < -0.39 is 0 Å². The largest absolute Gasteiger partial charge is 0.445 e. The van der Waals surface area contributed by atoms with Crippen LogP contribution in [0.5, 0.6) is 0 Å². The Morgan fingerprint density at radius 1 is 1.19 bits per heavy atom. The van der Waals surface area contributed by atoms with Crippen LogP contribution in [0.2, 0.25) is 0 Å². The Morgan fingerprint density at radius 2 is 2.03 bits per heavy atom. The second-order valence-corrected chi connectivity index (χ2v) is 8.09. The first-order valence-electron chi connectivity index (χ1n) is 10.9. The summed E-state index contributed by atoms with van der Waals surface area (Å²) in [5.74, 6) is 1.20. The predicted octanol–water partition coefficient (Wildman–Crippen LogP) is 3.14. The number of aromatic nitrogens is 3. The number of carbonyl (C=O) groups excluding carboxylic acids is 1. The van der Waals surface area contributed by atoms with E-state index in [2.05, 4.69) is 21.4 Å². The summed E-state index contributed by atoms with van der Waals surface area (Å²) < 4.78 is 11.4. The molecule has 0 radical (unpaired) electrons. The van der Waals surface area contributed by atoms with Gasteiger partial charge in [0.1, 0.15) is 24.1 Å². The van der Waals surface area contributed by atoms with Gasteiger partial charge in [-0.15, -0.1) is 0 Å². The zero-order valence-corrected chi connectivity index (χ0v) is 17.4. The molecule has 162 valence electrons. The van der Waals surface area contributed by atoms with Crippen molar-refractivity contribution in [2.75, 3.05) is 32.8 Å². The van der Waals surface area contributed by atoms with Crippen LogP contribution in [0.4, 0.5) is 4.79 Å². The smallest absolute Gasteiger partial charge is 0.410 e. The molecule has 4 heterocycles. The lowest BCUT2D eigenvalue weighted by atomic mass is 9.90. The van der Waals surface area contributed by atoms with Gasteiger partial charge >= 0.3 is 6.09 Å². The number of nitrogens with one attached hydrogen (secondary N) is 2. The minimum Gasteiger partial charge on any atom is -0.445 e. The molecule has 2 saturated heterocycles. The first kappa shape index (κ1) is 20.0. The molecule has 8 heteroatoms. The minimum absolute atomic E-state index is 0.260. The second kappa shape index (κ2) is 9.03. The van der Waals surface area contributed by atoms with Crippen LogP contribution in [0.25, 0.3) is 11.2 Å². The average Bonchev–Trinajstić information content (AvgIpc) is 3.28. The number of piperidine rings is 1. The molecule has 1 unspecified atom stereocenters. The number of rotatable bonds is 4. The van der Waals surface area contributed by atoms with Gasteiger partial charge in [-0.3, -0.25) is 0 Å². The highest BCUT2D eigenvalue weighted by Crippen LogP contribution is 2.31. The van der Waals surface area contributed by atoms with E-state index in [-0.39, 0.29) is 18.8 Å². The summed E-state index contributed by atoms with van der Waals surface area (Å²) in [5.41, 5.74) is 3.90. The Kier molecular flexibility index (Phi) is 5.82. The van der Waals surface area contributed by atoms with E-state index in [1.54, 1.807) is 4.90 Å². The number of pyridine rings is 1. The van der Waals surface area contributed by atoms with Crippen molar-refractivity contribution >= 4 is 17.3 Å². The van der Waals surface area contributed by atoms with Crippen LogP contribution in [0.15, 0.2) is 42.6 Å². The van der Waals surface area contributed by atoms with Gasteiger partial charge in [0.2, 0.25) is 0 Å². The van der Waals surface area contributed by atoms with Crippen LogP contribution in [0, 0.1) is 0 Å². The first-order chi connectivity index (χ1) is 15.3. The van der Waals surface area contributed by atoms with Crippen molar-refractivity contribution in [2.24, 2.45) is 0 Å². The lowest BCUT2D eigenvalue weighted by Gasteiger charge is -2.31. The van der Waals surface area contributed by atoms with Crippen molar-refractivity contribution in [3.63, 3.8) is 0 Å². The summed E-state index contributed by atoms with van der Waals surface area (Å²) in [7, 11) is 0. The topological polar surface area (TPSA) is 92.4 Å². The van der Waals surface area contributed by atoms with Gasteiger partial charge in [-0.1, -0.05) is 30.3 Å². The van der Waals surface area contributed by atoms with Crippen molar-refractivity contribution in [2.45, 2.75) is 31.5 Å². The summed E-state index contributed by atoms with van der Waals surface area (Å²) in [6.07, 6.45) is 3.39. The number of carbonyl (C=O) groups is 1. The number of H-pyrrole nitrogens is 1. The van der Waals surface area contributed by atoms with Gasteiger partial charge < -0.3 is 24.7 Å². The van der Waals surface area contributed by atoms with Crippen molar-refractivity contribution in [3.8, 4) is 0 Å². The fourth-order valence-electron chi connectivity index (χ4n) is 4.35. The van der Waals surface area contributed by atoms with Crippen molar-refractivity contribution < 1.29 is 14.3 Å². The molecular weight excluding hydrogens is 394 g/mol. The highest BCUT2D eigenvalue weighted by atomic mass is 16.6. The van der Waals surface area contributed by atoms with Crippen LogP contribution < -0.4 is 5.32 Å². The van der Waals surface area contributed by atoms with Crippen LogP contribution in [-0.2, 0) is 16.1 Å². The van der Waals surface area contributed by atoms with E-state index in [9.17, 15) is 4.79 Å². The number of amides is 1. The van der Waals surface area contributed by atoms with Crippen molar-refractivity contribution in [3.05, 3.63) is 59.5 Å². The third-order valence-corrected chi connectivity index (χ3v) is 6.05. The number of benzene rings is 1. The van der Waals surface area contributed by atoms with Gasteiger partial charge in [-0.2, -0.15) is 0 Å². The van der Waals surface area contributed by atoms with Crippen molar-refractivity contribution in [1.29, 1.82) is 0 Å². The third kappa shape index (κ3) is 4.40. The molecule has 0 aliphatic carbocycles. The molecule has 2 aliphatic rings. The van der Waals surface area contributed by atoms with Gasteiger partial charge in [-0.05, 0) is 49.0 Å². The zero-order valence-electron chi connectivity index (χ0n) is 17.4. The van der Waals surface area contributed by atoms with Gasteiger partial charge in [-0.25, -0.2) is 14.8 Å². The summed E-state index contributed by atoms with van der Waals surface area (Å²) in [6, 6.07) is 11.8. The molecule has 8 nitrogen and oxygen atoms in total. The lowest BCUT2D eigenvalue weighted by molar-refractivity contribution is -0.0330. The second-order valence-electron chi connectivity index (χ2n) is 8.09. The van der Waals surface area contributed by atoms with Crippen LogP contribution >= 0.6 is 0 Å². The van der Waals surface area contributed by atoms with Crippen LogP contribution in [0.3, 0.4) is 0 Å². The summed E-state index contributed by atoms with van der Waals surface area (Å²) in [5, 5.41) is 3.41. The van der Waals surface area contributed by atoms with Crippen LogP contribution in [-0.4, -0.2) is 58.7 Å². The van der Waals surface area contributed by atoms with Crippen molar-refractivity contribution in [1.82, 2.24) is 25.2 Å². The maximum absolute atomic E-state index is 12.6. The molecule has 2 fully saturated rings. The fourth-order valence-corrected chi connectivity index (χ4v) is 4.35. The number of fused-ring (bicyclic) bond motifs is 1. The molecule has 0 bridgehead atoms. The molecule has 1 amide bonds. The molecule has 31 heavy (non-hydrogen) atoms. The minimum atomic E-state index is -0.332. The first-order valence-corrected chi connectivity index (χ1v) is 10.9. The molecule has 2 aromatic heterocycles. The quantitative estimate of drug-likeness (QED) is 0.672. The number of aromatic amines is 1. The molecular formula is C23H27N5O3. The van der Waals surface area contributed by atoms with E-state index in [0.29, 0.717) is 31.4 Å². The molecule has 0 spiro atoms. The molecule has 5 rings (SSSR count). The average molecular weight is 422 g/mol. The zero-order chi connectivity index (χ0) is 21.0. The predicted molar refractivity (Wildman–Crippen MR) is 116 cm³/mol. The third-order valence-electron chi connectivity index (χ3n) is 6.05. The molecule has 2 aliphatic heterocycles. The van der Waals surface area contributed by atoms with E-state index in [0.717, 1.165) is 42.7 Å². The lowest BCUT2D eigenvalue weighted by Crippen LogP contribution is -2.42. The monoisotopic (exact) mass is 421 g/mol. The number of nitrogens with zero attached hydrogens (tertiary/aromatic N) is 3. The Labute approximate surface area is 181 Å². The number of morpholine rings is 1. The van der Waals surface area contributed by atoms with E-state index in [1.165, 1.54) is 5.56 Å². The number of hydrogen-bond acceptors (Lipinski definition) is 6. The highest BCUT2D eigenvalue weighted by Gasteiger charge is 2.29. The molecule has 0 saturated carbocycles. The maximum atomic E-state index is 12.6. The summed E-state index contributed by atoms with van der Waals surface area (Å²) in [4.78, 5) is 26.9. The van der Waals surface area contributed by atoms with Gasteiger partial charge in [0.25, 0.3) is 0 Å². The Morgan fingerprint density at radius 3 is 2.87 bits per heavy atom. The van der Waals surface area contributed by atoms with E-state index >= 15 is 0 Å². The summed E-state index contributed by atoms with van der Waals surface area (Å²) in [6.45, 7) is 3.65. The highest BCUT2D eigenvalue weighted by molar-refractivity contribution is 5.75. The Balaban J connectivity index is 1.29. The SMILES string of the molecule is O=C(OCc1ccccc1)N1CCOC(c2nc3c(C4CCNCC4)ccnc3[nH]2)C1. The standard InChI is InChI=1S/C23H27N5O3/c29-23(31-15-16-4-2-1-3-5-16)28-12-13-30-19(14-28)21-26-20-18(8-11-25-22(20)27-21)17-6-9-24-10-7-17/h1-5,8,11,17,19,24H,6-7,9-10,12-15H2,(H,25,26,27). The molecule has 2 N–H and O–H groups in total. The Bertz CT molecular complexity index is 1030. The molecule has 1 atom stereocenters. The maximum Gasteiger partial charge on any atom is 0.410 e. The van der Waals surface area contributed by atoms with Crippen LogP contribution in [0.1, 0.15) is 41.8 Å². The van der Waals surface area contributed by atoms with E-state index in [4.69, 9.17) is 14.5 Å². The number of ether oxygens (including phenoxy) is 2. The van der Waals surface area contributed by atoms with E-state index in [1.807, 2.05) is 36.5 Å². The molecule has 1 aromatic carbocycles. The fraction of sp³-hybridized carbons (Fsp3) is 0.435. The normalized spacial score (nSPS) is 20.1. The number of hydrogen-bond donors (Lipinski definition) is 2.